The number of nitrogens with zero attached hydrogens (tertiary/aromatic N) is 2. The summed E-state index contributed by atoms with van der Waals surface area (Å²) in [5, 5.41) is 8.30. The lowest BCUT2D eigenvalue weighted by molar-refractivity contribution is -0.133. The van der Waals surface area contributed by atoms with E-state index < -0.39 is 11.8 Å². The molecule has 98 valence electrons. The molecule has 7 heteroatoms. The van der Waals surface area contributed by atoms with E-state index in [4.69, 9.17) is 4.52 Å². The average molecular weight is 260 g/mol. The number of carbonyl (C=O) groups is 2. The van der Waals surface area contributed by atoms with Crippen LogP contribution in [0.5, 0.6) is 0 Å². The number of nitrogens with one attached hydrogen (secondary N) is 2. The first-order valence-corrected chi connectivity index (χ1v) is 5.53. The van der Waals surface area contributed by atoms with Gasteiger partial charge in [-0.1, -0.05) is 11.2 Å². The summed E-state index contributed by atoms with van der Waals surface area (Å²) in [6.07, 6.45) is 1.53. The molecule has 2 amide bonds. The Morgan fingerprint density at radius 3 is 2.58 bits per heavy atom. The van der Waals surface area contributed by atoms with E-state index in [9.17, 15) is 9.59 Å². The highest BCUT2D eigenvalue weighted by molar-refractivity contribution is 6.43. The monoisotopic (exact) mass is 260 g/mol. The van der Waals surface area contributed by atoms with Gasteiger partial charge in [0.15, 0.2) is 5.82 Å². The van der Waals surface area contributed by atoms with E-state index in [0.29, 0.717) is 11.6 Å². The summed E-state index contributed by atoms with van der Waals surface area (Å²) < 4.78 is 4.77. The van der Waals surface area contributed by atoms with Crippen molar-refractivity contribution in [3.05, 3.63) is 35.7 Å². The minimum Gasteiger partial charge on any atom is -0.360 e. The van der Waals surface area contributed by atoms with Crippen molar-refractivity contribution in [2.75, 3.05) is 10.6 Å². The molecule has 0 unspecified atom stereocenters. The Kier molecular flexibility index (Phi) is 3.56. The van der Waals surface area contributed by atoms with Gasteiger partial charge in [-0.05, 0) is 25.5 Å². The number of aromatic nitrogens is 2. The summed E-state index contributed by atoms with van der Waals surface area (Å²) in [7, 11) is 0. The average Bonchev–Trinajstić information content (AvgIpc) is 2.77. The van der Waals surface area contributed by atoms with Crippen LogP contribution in [0.15, 0.2) is 28.9 Å². The van der Waals surface area contributed by atoms with Crippen molar-refractivity contribution in [3.63, 3.8) is 0 Å². The van der Waals surface area contributed by atoms with Crippen molar-refractivity contribution in [3.8, 4) is 0 Å². The maximum atomic E-state index is 11.7. The Hall–Kier alpha value is -2.70. The van der Waals surface area contributed by atoms with Crippen molar-refractivity contribution in [2.45, 2.75) is 13.8 Å². The lowest BCUT2D eigenvalue weighted by Crippen LogP contribution is -2.29. The third-order valence-corrected chi connectivity index (χ3v) is 2.32. The predicted molar refractivity (Wildman–Crippen MR) is 67.5 cm³/mol. The van der Waals surface area contributed by atoms with E-state index in [1.54, 1.807) is 26.0 Å². The molecule has 19 heavy (non-hydrogen) atoms. The molecule has 0 aromatic carbocycles. The van der Waals surface area contributed by atoms with E-state index in [1.165, 1.54) is 12.3 Å². The number of hydrogen-bond acceptors (Lipinski definition) is 5. The van der Waals surface area contributed by atoms with Gasteiger partial charge in [0.2, 0.25) is 0 Å². The van der Waals surface area contributed by atoms with Crippen LogP contribution in [0.25, 0.3) is 0 Å². The molecule has 0 atom stereocenters. The smallest absolute Gasteiger partial charge is 0.315 e. The summed E-state index contributed by atoms with van der Waals surface area (Å²) in [5.41, 5.74) is 0.765. The molecule has 0 aliphatic carbocycles. The molecule has 2 aromatic heterocycles. The fourth-order valence-corrected chi connectivity index (χ4v) is 1.38. The number of aryl methyl sites for hydroxylation is 2. The van der Waals surface area contributed by atoms with Crippen LogP contribution in [0.3, 0.4) is 0 Å². The summed E-state index contributed by atoms with van der Waals surface area (Å²) in [6, 6.07) is 5.03. The second-order valence-corrected chi connectivity index (χ2v) is 3.90. The lowest BCUT2D eigenvalue weighted by Gasteiger charge is -2.05. The molecule has 0 saturated heterocycles. The zero-order valence-electron chi connectivity index (χ0n) is 10.4. The zero-order chi connectivity index (χ0) is 13.8. The van der Waals surface area contributed by atoms with E-state index in [-0.39, 0.29) is 5.82 Å². The molecule has 0 spiro atoms. The van der Waals surface area contributed by atoms with Gasteiger partial charge in [-0.2, -0.15) is 0 Å². The van der Waals surface area contributed by atoms with E-state index in [0.717, 1.165) is 5.56 Å². The molecule has 0 bridgehead atoms. The Bertz CT molecular complexity index is 621. The van der Waals surface area contributed by atoms with Crippen LogP contribution in [-0.4, -0.2) is 22.0 Å². The standard InChI is InChI=1S/C12H12N4O3/c1-7-4-3-5-13-10(7)15-12(18)11(17)14-9-6-8(2)19-16-9/h3-6H,1-2H3,(H,13,15,18)(H,14,16,17). The maximum Gasteiger partial charge on any atom is 0.315 e. The fraction of sp³-hybridized carbons (Fsp3) is 0.167. The van der Waals surface area contributed by atoms with Gasteiger partial charge in [-0.25, -0.2) is 4.98 Å². The highest BCUT2D eigenvalue weighted by Gasteiger charge is 2.16. The number of hydrogen-bond donors (Lipinski definition) is 2. The zero-order valence-corrected chi connectivity index (χ0v) is 10.4. The molecule has 2 heterocycles. The minimum atomic E-state index is -0.835. The summed E-state index contributed by atoms with van der Waals surface area (Å²) in [5.74, 6) is -0.577. The third kappa shape index (κ3) is 3.15. The van der Waals surface area contributed by atoms with Gasteiger partial charge < -0.3 is 9.84 Å². The first kappa shape index (κ1) is 12.7. The van der Waals surface area contributed by atoms with Crippen molar-refractivity contribution in [1.29, 1.82) is 0 Å². The second kappa shape index (κ2) is 5.30. The van der Waals surface area contributed by atoms with Gasteiger partial charge >= 0.3 is 11.8 Å². The first-order chi connectivity index (χ1) is 9.06. The Labute approximate surface area is 109 Å². The summed E-state index contributed by atoms with van der Waals surface area (Å²) >= 11 is 0. The number of rotatable bonds is 2. The quantitative estimate of drug-likeness (QED) is 0.792. The number of anilines is 2. The molecule has 2 aromatic rings. The normalized spacial score (nSPS) is 10.0. The van der Waals surface area contributed by atoms with Crippen LogP contribution >= 0.6 is 0 Å². The number of carbonyl (C=O) groups excluding carboxylic acids is 2. The van der Waals surface area contributed by atoms with Crippen LogP contribution in [-0.2, 0) is 9.59 Å². The van der Waals surface area contributed by atoms with Crippen molar-refractivity contribution < 1.29 is 14.1 Å². The SMILES string of the molecule is Cc1cc(NC(=O)C(=O)Nc2ncccc2C)no1. The molecule has 0 saturated carbocycles. The van der Waals surface area contributed by atoms with Crippen LogP contribution in [0, 0.1) is 13.8 Å². The van der Waals surface area contributed by atoms with Gasteiger partial charge in [0.25, 0.3) is 0 Å². The van der Waals surface area contributed by atoms with E-state index in [1.807, 2.05) is 0 Å². The van der Waals surface area contributed by atoms with Crippen LogP contribution < -0.4 is 10.6 Å². The topological polar surface area (TPSA) is 97.1 Å². The molecule has 2 rings (SSSR count). The second-order valence-electron chi connectivity index (χ2n) is 3.90. The maximum absolute atomic E-state index is 11.7. The van der Waals surface area contributed by atoms with Crippen LogP contribution in [0.4, 0.5) is 11.6 Å². The molecule has 2 N–H and O–H groups in total. The molecule has 0 radical (unpaired) electrons. The van der Waals surface area contributed by atoms with Crippen LogP contribution in [0.1, 0.15) is 11.3 Å². The molecule has 0 aliphatic rings. The number of amides is 2. The largest absolute Gasteiger partial charge is 0.360 e. The Morgan fingerprint density at radius 1 is 1.21 bits per heavy atom. The Morgan fingerprint density at radius 2 is 1.95 bits per heavy atom. The fourth-order valence-electron chi connectivity index (χ4n) is 1.38. The van der Waals surface area contributed by atoms with Crippen molar-refractivity contribution in [2.24, 2.45) is 0 Å². The predicted octanol–water partition coefficient (Wildman–Crippen LogP) is 1.26. The van der Waals surface area contributed by atoms with Crippen molar-refractivity contribution in [1.82, 2.24) is 10.1 Å². The highest BCUT2D eigenvalue weighted by atomic mass is 16.5. The Balaban J connectivity index is 2.00. The van der Waals surface area contributed by atoms with Crippen molar-refractivity contribution >= 4 is 23.5 Å². The number of pyridine rings is 1. The molecule has 7 nitrogen and oxygen atoms in total. The molecule has 0 fully saturated rings. The van der Waals surface area contributed by atoms with Gasteiger partial charge in [0.05, 0.1) is 0 Å². The van der Waals surface area contributed by atoms with Crippen LogP contribution in [0.2, 0.25) is 0 Å². The lowest BCUT2D eigenvalue weighted by atomic mass is 10.3. The van der Waals surface area contributed by atoms with Gasteiger partial charge in [-0.15, -0.1) is 0 Å². The van der Waals surface area contributed by atoms with E-state index in [2.05, 4.69) is 20.8 Å². The van der Waals surface area contributed by atoms with Gasteiger partial charge in [-0.3, -0.25) is 14.9 Å². The molecule has 0 aliphatic heterocycles. The first-order valence-electron chi connectivity index (χ1n) is 5.53. The minimum absolute atomic E-state index is 0.190. The summed E-state index contributed by atoms with van der Waals surface area (Å²) in [4.78, 5) is 27.2. The summed E-state index contributed by atoms with van der Waals surface area (Å²) in [6.45, 7) is 3.46. The highest BCUT2D eigenvalue weighted by Crippen LogP contribution is 2.10. The molecular formula is C12H12N4O3. The van der Waals surface area contributed by atoms with Gasteiger partial charge in [0.1, 0.15) is 11.6 Å². The van der Waals surface area contributed by atoms with Gasteiger partial charge in [0, 0.05) is 12.3 Å². The van der Waals surface area contributed by atoms with E-state index >= 15 is 0 Å². The molecular weight excluding hydrogens is 248 g/mol. The third-order valence-electron chi connectivity index (χ3n) is 2.32.